The van der Waals surface area contributed by atoms with Gasteiger partial charge in [-0.1, -0.05) is 32.0 Å². The van der Waals surface area contributed by atoms with Gasteiger partial charge in [-0.3, -0.25) is 9.59 Å². The Bertz CT molecular complexity index is 1160. The predicted molar refractivity (Wildman–Crippen MR) is 120 cm³/mol. The number of carbonyl (C=O) groups is 2. The average molecular weight is 475 g/mol. The average Bonchev–Trinajstić information content (AvgIpc) is 3.24. The Hall–Kier alpha value is -3.11. The van der Waals surface area contributed by atoms with Gasteiger partial charge in [0.1, 0.15) is 19.3 Å². The number of hydrogen-bond donors (Lipinski definition) is 1. The molecule has 1 atom stereocenters. The smallest absolute Gasteiger partial charge is 0.324 e. The Labute approximate surface area is 192 Å². The van der Waals surface area contributed by atoms with Crippen LogP contribution >= 0.6 is 0 Å². The minimum Gasteiger partial charge on any atom is -0.486 e. The van der Waals surface area contributed by atoms with E-state index in [1.165, 1.54) is 18.2 Å². The minimum absolute atomic E-state index is 0.0602. The quantitative estimate of drug-likeness (QED) is 0.610. The third-order valence-electron chi connectivity index (χ3n) is 5.55. The minimum atomic E-state index is -4.06. The van der Waals surface area contributed by atoms with E-state index in [2.05, 4.69) is 4.72 Å². The van der Waals surface area contributed by atoms with Gasteiger partial charge < -0.3 is 19.1 Å². The molecular weight excluding hydrogens is 448 g/mol. The summed E-state index contributed by atoms with van der Waals surface area (Å²) in [6.45, 7) is 4.14. The number of hydrogen-bond acceptors (Lipinski definition) is 7. The van der Waals surface area contributed by atoms with Gasteiger partial charge in [0.15, 0.2) is 18.1 Å². The molecule has 1 amide bonds. The van der Waals surface area contributed by atoms with E-state index >= 15 is 0 Å². The molecule has 2 heterocycles. The molecule has 33 heavy (non-hydrogen) atoms. The lowest BCUT2D eigenvalue weighted by Gasteiger charge is -2.23. The highest BCUT2D eigenvalue weighted by atomic mass is 32.2. The van der Waals surface area contributed by atoms with Gasteiger partial charge in [0.2, 0.25) is 10.0 Å². The van der Waals surface area contributed by atoms with Crippen LogP contribution in [0.1, 0.15) is 19.4 Å². The Kier molecular flexibility index (Phi) is 6.57. The summed E-state index contributed by atoms with van der Waals surface area (Å²) in [6.07, 6.45) is 0.736. The van der Waals surface area contributed by atoms with Crippen LogP contribution < -0.4 is 19.1 Å². The van der Waals surface area contributed by atoms with Crippen molar-refractivity contribution in [2.45, 2.75) is 31.2 Å². The molecule has 2 aliphatic rings. The second-order valence-corrected chi connectivity index (χ2v) is 9.89. The van der Waals surface area contributed by atoms with Crippen molar-refractivity contribution in [3.05, 3.63) is 48.0 Å². The van der Waals surface area contributed by atoms with Crippen molar-refractivity contribution in [1.82, 2.24) is 4.72 Å². The Morgan fingerprint density at radius 3 is 2.58 bits per heavy atom. The highest BCUT2D eigenvalue weighted by Gasteiger charge is 2.32. The number of amides is 1. The normalized spacial score (nSPS) is 15.8. The Morgan fingerprint density at radius 1 is 1.09 bits per heavy atom. The number of esters is 1. The van der Waals surface area contributed by atoms with Gasteiger partial charge in [-0.25, -0.2) is 8.42 Å². The highest BCUT2D eigenvalue weighted by Crippen LogP contribution is 2.32. The number of anilines is 1. The molecule has 2 aromatic carbocycles. The molecule has 0 aromatic heterocycles. The van der Waals surface area contributed by atoms with Crippen LogP contribution in [0.3, 0.4) is 0 Å². The van der Waals surface area contributed by atoms with Crippen molar-refractivity contribution in [2.75, 3.05) is 31.3 Å². The molecule has 2 aliphatic heterocycles. The summed E-state index contributed by atoms with van der Waals surface area (Å²) in [6, 6.07) is 10.6. The van der Waals surface area contributed by atoms with Crippen LogP contribution in [0, 0.1) is 5.92 Å². The molecule has 0 bridgehead atoms. The van der Waals surface area contributed by atoms with E-state index in [4.69, 9.17) is 14.2 Å². The van der Waals surface area contributed by atoms with E-state index in [-0.39, 0.29) is 10.8 Å². The van der Waals surface area contributed by atoms with Crippen molar-refractivity contribution in [2.24, 2.45) is 5.92 Å². The van der Waals surface area contributed by atoms with Crippen LogP contribution in [0.2, 0.25) is 0 Å². The highest BCUT2D eigenvalue weighted by molar-refractivity contribution is 7.89. The number of rotatable bonds is 7. The zero-order chi connectivity index (χ0) is 23.6. The molecule has 4 rings (SSSR count). The summed E-state index contributed by atoms with van der Waals surface area (Å²) in [4.78, 5) is 26.9. The zero-order valence-electron chi connectivity index (χ0n) is 18.4. The van der Waals surface area contributed by atoms with Gasteiger partial charge in [-0.05, 0) is 36.1 Å². The summed E-state index contributed by atoms with van der Waals surface area (Å²) in [5, 5.41) is 0. The van der Waals surface area contributed by atoms with Crippen molar-refractivity contribution in [3.8, 4) is 11.5 Å². The summed E-state index contributed by atoms with van der Waals surface area (Å²) in [7, 11) is -4.06. The summed E-state index contributed by atoms with van der Waals surface area (Å²) in [5.74, 6) is -0.796. The monoisotopic (exact) mass is 474 g/mol. The lowest BCUT2D eigenvalue weighted by molar-refractivity contribution is -0.150. The number of ether oxygens (including phenoxy) is 3. The molecule has 0 radical (unpaired) electrons. The number of benzene rings is 2. The fourth-order valence-electron chi connectivity index (χ4n) is 3.78. The first-order chi connectivity index (χ1) is 15.8. The molecule has 10 heteroatoms. The van der Waals surface area contributed by atoms with Gasteiger partial charge in [0.05, 0.1) is 4.90 Å². The summed E-state index contributed by atoms with van der Waals surface area (Å²) < 4.78 is 44.4. The first kappa shape index (κ1) is 23.1. The molecule has 0 unspecified atom stereocenters. The first-order valence-electron chi connectivity index (χ1n) is 10.7. The van der Waals surface area contributed by atoms with E-state index in [1.54, 1.807) is 18.7 Å². The lowest BCUT2D eigenvalue weighted by atomic mass is 10.1. The van der Waals surface area contributed by atoms with Crippen molar-refractivity contribution in [1.29, 1.82) is 0 Å². The molecule has 0 saturated carbocycles. The fraction of sp³-hybridized carbons (Fsp3) is 0.391. The number of carbonyl (C=O) groups excluding carboxylic acids is 2. The number of sulfonamides is 1. The molecular formula is C23H26N2O7S. The van der Waals surface area contributed by atoms with Crippen LogP contribution in [0.15, 0.2) is 47.4 Å². The molecule has 0 aliphatic carbocycles. The molecule has 0 spiro atoms. The van der Waals surface area contributed by atoms with E-state index in [9.17, 15) is 18.0 Å². The predicted octanol–water partition coefficient (Wildman–Crippen LogP) is 1.89. The van der Waals surface area contributed by atoms with Gasteiger partial charge in [0, 0.05) is 18.3 Å². The molecule has 0 fully saturated rings. The molecule has 9 nitrogen and oxygen atoms in total. The van der Waals surface area contributed by atoms with Crippen LogP contribution in [-0.4, -0.2) is 52.7 Å². The van der Waals surface area contributed by atoms with Crippen molar-refractivity contribution < 1.29 is 32.2 Å². The molecule has 176 valence electrons. The number of para-hydroxylation sites is 1. The molecule has 2 aromatic rings. The number of nitrogens with zero attached hydrogens (tertiary/aromatic N) is 1. The van der Waals surface area contributed by atoms with E-state index < -0.39 is 34.6 Å². The third-order valence-corrected chi connectivity index (χ3v) is 6.99. The maximum absolute atomic E-state index is 12.9. The van der Waals surface area contributed by atoms with E-state index in [0.29, 0.717) is 31.3 Å². The van der Waals surface area contributed by atoms with Crippen LogP contribution in [0.4, 0.5) is 5.69 Å². The summed E-state index contributed by atoms with van der Waals surface area (Å²) in [5.41, 5.74) is 1.86. The van der Waals surface area contributed by atoms with E-state index in [0.717, 1.165) is 17.7 Å². The van der Waals surface area contributed by atoms with Crippen molar-refractivity contribution >= 4 is 27.6 Å². The Balaban J connectivity index is 1.42. The fourth-order valence-corrected chi connectivity index (χ4v) is 5.13. The maximum Gasteiger partial charge on any atom is 0.324 e. The van der Waals surface area contributed by atoms with Gasteiger partial charge in [0.25, 0.3) is 5.91 Å². The maximum atomic E-state index is 12.9. The molecule has 0 saturated heterocycles. The first-order valence-corrected chi connectivity index (χ1v) is 12.2. The SMILES string of the molecule is CC(C)[C@H](NS(=O)(=O)c1ccc2c(c1)OCCO2)C(=O)OCC(=O)N1CCc2ccccc21. The lowest BCUT2D eigenvalue weighted by Crippen LogP contribution is -2.46. The third kappa shape index (κ3) is 4.96. The standard InChI is InChI=1S/C23H26N2O7S/c1-15(2)22(24-33(28,29)17-7-8-19-20(13-17)31-12-11-30-19)23(27)32-14-21(26)25-10-9-16-5-3-4-6-18(16)25/h3-8,13,15,22,24H,9-12,14H2,1-2H3/t22-/m0/s1. The van der Waals surface area contributed by atoms with Crippen LogP contribution in [0.25, 0.3) is 0 Å². The Morgan fingerprint density at radius 2 is 1.82 bits per heavy atom. The second-order valence-electron chi connectivity index (χ2n) is 8.18. The number of fused-ring (bicyclic) bond motifs is 2. The van der Waals surface area contributed by atoms with Crippen LogP contribution in [0.5, 0.6) is 11.5 Å². The van der Waals surface area contributed by atoms with Gasteiger partial charge in [-0.15, -0.1) is 0 Å². The van der Waals surface area contributed by atoms with Crippen molar-refractivity contribution in [3.63, 3.8) is 0 Å². The van der Waals surface area contributed by atoms with Gasteiger partial charge >= 0.3 is 5.97 Å². The number of nitrogens with one attached hydrogen (secondary N) is 1. The topological polar surface area (TPSA) is 111 Å². The molecule has 1 N–H and O–H groups in total. The zero-order valence-corrected chi connectivity index (χ0v) is 19.3. The van der Waals surface area contributed by atoms with Crippen LogP contribution in [-0.2, 0) is 30.8 Å². The largest absolute Gasteiger partial charge is 0.486 e. The van der Waals surface area contributed by atoms with E-state index in [1.807, 2.05) is 24.3 Å². The van der Waals surface area contributed by atoms with Gasteiger partial charge in [-0.2, -0.15) is 4.72 Å². The second kappa shape index (κ2) is 9.40. The summed E-state index contributed by atoms with van der Waals surface area (Å²) >= 11 is 0.